The molecule has 38 heavy (non-hydrogen) atoms. The lowest BCUT2D eigenvalue weighted by molar-refractivity contribution is -0.142. The Balaban J connectivity index is 1.69. The standard InChI is InChI=1S/C28H24Cl2N4O4/c1-14(35)32-24-20-13-19(15-4-7-17(29)8-5-15)23(33-27(20)38-25(24)26(36)28(2,3)37)18-9-6-16(12-21(18)30)22-10-11-31-34-22/h4-13,24-25,37H,1-3H3,(H,31,34)(H,32,35). The number of pyridine rings is 1. The highest BCUT2D eigenvalue weighted by atomic mass is 35.5. The van der Waals surface area contributed by atoms with Crippen LogP contribution in [-0.2, 0) is 9.59 Å². The van der Waals surface area contributed by atoms with E-state index >= 15 is 0 Å². The number of Topliss-reactive ketones (excluding diaryl/α,β-unsaturated/α-hetero) is 1. The zero-order valence-electron chi connectivity index (χ0n) is 20.8. The number of aliphatic hydroxyl groups is 1. The van der Waals surface area contributed by atoms with Crippen molar-refractivity contribution in [1.82, 2.24) is 20.5 Å². The molecule has 1 amide bonds. The molecule has 3 heterocycles. The summed E-state index contributed by atoms with van der Waals surface area (Å²) in [5.74, 6) is -0.756. The lowest BCUT2D eigenvalue weighted by atomic mass is 9.90. The molecule has 8 nitrogen and oxygen atoms in total. The summed E-state index contributed by atoms with van der Waals surface area (Å²) in [5, 5.41) is 21.1. The van der Waals surface area contributed by atoms with Crippen molar-refractivity contribution in [2.45, 2.75) is 38.5 Å². The summed E-state index contributed by atoms with van der Waals surface area (Å²) in [5.41, 5.74) is 3.15. The second-order valence-corrected chi connectivity index (χ2v) is 10.4. The van der Waals surface area contributed by atoms with Crippen LogP contribution < -0.4 is 10.1 Å². The number of hydrogen-bond acceptors (Lipinski definition) is 6. The molecule has 0 saturated heterocycles. The van der Waals surface area contributed by atoms with Crippen LogP contribution in [0.2, 0.25) is 10.0 Å². The maximum Gasteiger partial charge on any atom is 0.220 e. The number of carbonyl (C=O) groups excluding carboxylic acids is 2. The van der Waals surface area contributed by atoms with Crippen molar-refractivity contribution in [3.8, 4) is 39.5 Å². The van der Waals surface area contributed by atoms with Crippen LogP contribution in [0.3, 0.4) is 0 Å². The number of benzene rings is 2. The Kier molecular flexibility index (Phi) is 6.73. The van der Waals surface area contributed by atoms with Crippen molar-refractivity contribution in [2.75, 3.05) is 0 Å². The minimum atomic E-state index is -1.68. The lowest BCUT2D eigenvalue weighted by Gasteiger charge is -2.24. The third-order valence-corrected chi connectivity index (χ3v) is 6.87. The number of ether oxygens (including phenoxy) is 1. The molecule has 1 aliphatic heterocycles. The molecule has 0 saturated carbocycles. The molecule has 3 N–H and O–H groups in total. The number of amides is 1. The largest absolute Gasteiger partial charge is 0.463 e. The van der Waals surface area contributed by atoms with Crippen LogP contribution in [0.5, 0.6) is 5.88 Å². The Morgan fingerprint density at radius 2 is 1.74 bits per heavy atom. The van der Waals surface area contributed by atoms with Crippen LogP contribution >= 0.6 is 23.2 Å². The lowest BCUT2D eigenvalue weighted by Crippen LogP contribution is -2.47. The van der Waals surface area contributed by atoms with Crippen LogP contribution in [0, 0.1) is 0 Å². The van der Waals surface area contributed by atoms with E-state index in [-0.39, 0.29) is 11.8 Å². The van der Waals surface area contributed by atoms with Crippen molar-refractivity contribution in [1.29, 1.82) is 0 Å². The minimum Gasteiger partial charge on any atom is -0.463 e. The first kappa shape index (κ1) is 25.9. The fraction of sp³-hybridized carbons (Fsp3) is 0.214. The topological polar surface area (TPSA) is 117 Å². The minimum absolute atomic E-state index is 0.174. The molecule has 2 atom stereocenters. The van der Waals surface area contributed by atoms with Gasteiger partial charge in [-0.25, -0.2) is 4.98 Å². The normalized spacial score (nSPS) is 16.6. The van der Waals surface area contributed by atoms with Crippen molar-refractivity contribution in [2.24, 2.45) is 0 Å². The number of aromatic amines is 1. The summed E-state index contributed by atoms with van der Waals surface area (Å²) in [4.78, 5) is 30.0. The van der Waals surface area contributed by atoms with Gasteiger partial charge in [0, 0.05) is 40.4 Å². The monoisotopic (exact) mass is 550 g/mol. The predicted molar refractivity (Wildman–Crippen MR) is 145 cm³/mol. The molecule has 2 aromatic heterocycles. The maximum absolute atomic E-state index is 13.1. The Labute approximate surface area is 229 Å². The highest BCUT2D eigenvalue weighted by Gasteiger charge is 2.46. The van der Waals surface area contributed by atoms with E-state index in [4.69, 9.17) is 32.9 Å². The van der Waals surface area contributed by atoms with E-state index in [0.29, 0.717) is 32.4 Å². The van der Waals surface area contributed by atoms with Crippen molar-refractivity contribution in [3.05, 3.63) is 76.4 Å². The van der Waals surface area contributed by atoms with Gasteiger partial charge in [-0.05, 0) is 49.7 Å². The van der Waals surface area contributed by atoms with E-state index < -0.39 is 23.5 Å². The van der Waals surface area contributed by atoms with Gasteiger partial charge in [0.1, 0.15) is 11.6 Å². The molecule has 0 spiro atoms. The third kappa shape index (κ3) is 4.90. The van der Waals surface area contributed by atoms with Gasteiger partial charge in [-0.2, -0.15) is 5.10 Å². The van der Waals surface area contributed by atoms with Crippen LogP contribution in [0.1, 0.15) is 32.4 Å². The van der Waals surface area contributed by atoms with Gasteiger partial charge in [0.05, 0.1) is 16.4 Å². The van der Waals surface area contributed by atoms with Gasteiger partial charge in [0.15, 0.2) is 6.10 Å². The van der Waals surface area contributed by atoms with Gasteiger partial charge in [0.25, 0.3) is 0 Å². The molecule has 5 rings (SSSR count). The maximum atomic E-state index is 13.1. The number of nitrogens with one attached hydrogen (secondary N) is 2. The molecule has 2 unspecified atom stereocenters. The number of ketones is 1. The van der Waals surface area contributed by atoms with E-state index in [1.165, 1.54) is 20.8 Å². The molecule has 194 valence electrons. The highest BCUT2D eigenvalue weighted by Crippen LogP contribution is 2.44. The van der Waals surface area contributed by atoms with E-state index in [1.54, 1.807) is 18.3 Å². The van der Waals surface area contributed by atoms with E-state index in [1.807, 2.05) is 42.5 Å². The number of rotatable bonds is 6. The summed E-state index contributed by atoms with van der Waals surface area (Å²) < 4.78 is 5.99. The van der Waals surface area contributed by atoms with Crippen LogP contribution in [0.25, 0.3) is 33.6 Å². The Bertz CT molecular complexity index is 1530. The SMILES string of the molecule is CC(=O)NC1c2cc(-c3ccc(Cl)cc3)c(-c3ccc(-c4ccn[nH]4)cc3Cl)nc2OC1C(=O)C(C)(C)O. The summed E-state index contributed by atoms with van der Waals surface area (Å²) in [7, 11) is 0. The second kappa shape index (κ2) is 9.87. The number of halogens is 2. The first-order valence-corrected chi connectivity index (χ1v) is 12.6. The van der Waals surface area contributed by atoms with Gasteiger partial charge >= 0.3 is 0 Å². The first-order valence-electron chi connectivity index (χ1n) is 11.8. The van der Waals surface area contributed by atoms with Crippen molar-refractivity contribution < 1.29 is 19.4 Å². The molecule has 0 radical (unpaired) electrons. The molecule has 2 aromatic carbocycles. The van der Waals surface area contributed by atoms with E-state index in [9.17, 15) is 14.7 Å². The molecule has 0 bridgehead atoms. The quantitative estimate of drug-likeness (QED) is 0.296. The molecule has 4 aromatic rings. The molecule has 0 fully saturated rings. The number of hydrogen-bond donors (Lipinski definition) is 3. The number of H-pyrrole nitrogens is 1. The summed E-state index contributed by atoms with van der Waals surface area (Å²) in [6.45, 7) is 4.11. The first-order chi connectivity index (χ1) is 18.0. The summed E-state index contributed by atoms with van der Waals surface area (Å²) >= 11 is 12.9. The zero-order valence-corrected chi connectivity index (χ0v) is 22.3. The van der Waals surface area contributed by atoms with Gasteiger partial charge < -0.3 is 15.2 Å². The average molecular weight is 551 g/mol. The fourth-order valence-electron chi connectivity index (χ4n) is 4.45. The van der Waals surface area contributed by atoms with Gasteiger partial charge in [-0.1, -0.05) is 47.5 Å². The van der Waals surface area contributed by atoms with Crippen molar-refractivity contribution >= 4 is 34.9 Å². The average Bonchev–Trinajstić information content (AvgIpc) is 3.51. The molecule has 1 aliphatic rings. The van der Waals surface area contributed by atoms with Crippen LogP contribution in [0.4, 0.5) is 0 Å². The Hall–Kier alpha value is -3.72. The number of nitrogens with zero attached hydrogens (tertiary/aromatic N) is 2. The number of aromatic nitrogens is 3. The number of fused-ring (bicyclic) bond motifs is 1. The van der Waals surface area contributed by atoms with E-state index in [2.05, 4.69) is 15.5 Å². The molecule has 0 aliphatic carbocycles. The van der Waals surface area contributed by atoms with Crippen LogP contribution in [0.15, 0.2) is 60.8 Å². The Morgan fingerprint density at radius 3 is 2.34 bits per heavy atom. The van der Waals surface area contributed by atoms with Crippen molar-refractivity contribution in [3.63, 3.8) is 0 Å². The van der Waals surface area contributed by atoms with Gasteiger partial charge in [-0.3, -0.25) is 14.7 Å². The third-order valence-electron chi connectivity index (χ3n) is 6.30. The van der Waals surface area contributed by atoms with E-state index in [0.717, 1.165) is 16.8 Å². The molecule has 10 heteroatoms. The molecular formula is C28H24Cl2N4O4. The fourth-order valence-corrected chi connectivity index (χ4v) is 4.85. The Morgan fingerprint density at radius 1 is 1.03 bits per heavy atom. The second-order valence-electron chi connectivity index (χ2n) is 9.59. The predicted octanol–water partition coefficient (Wildman–Crippen LogP) is 5.39. The van der Waals surface area contributed by atoms with Gasteiger partial charge in [-0.15, -0.1) is 0 Å². The van der Waals surface area contributed by atoms with Gasteiger partial charge in [0.2, 0.25) is 17.6 Å². The smallest absolute Gasteiger partial charge is 0.220 e. The molecular weight excluding hydrogens is 527 g/mol. The van der Waals surface area contributed by atoms with Crippen LogP contribution in [-0.4, -0.2) is 43.7 Å². The summed E-state index contributed by atoms with van der Waals surface area (Å²) in [6.07, 6.45) is 0.499. The number of carbonyl (C=O) groups is 2. The highest BCUT2D eigenvalue weighted by molar-refractivity contribution is 6.33. The summed E-state index contributed by atoms with van der Waals surface area (Å²) in [6, 6.07) is 15.6. The zero-order chi connectivity index (χ0) is 27.2.